The first-order chi connectivity index (χ1) is 10.2. The number of nitrogens with two attached hydrogens (primary N) is 1. The molecule has 21 heavy (non-hydrogen) atoms. The molecular weight excluding hydrogens is 354 g/mol. The van der Waals surface area contributed by atoms with Crippen LogP contribution in [0.4, 0.5) is 0 Å². The van der Waals surface area contributed by atoms with Crippen molar-refractivity contribution in [1.29, 1.82) is 0 Å². The third kappa shape index (κ3) is 3.48. The van der Waals surface area contributed by atoms with Crippen molar-refractivity contribution in [2.24, 2.45) is 5.73 Å². The summed E-state index contributed by atoms with van der Waals surface area (Å²) in [7, 11) is 0. The Morgan fingerprint density at radius 2 is 2.05 bits per heavy atom. The Bertz CT molecular complexity index is 614. The van der Waals surface area contributed by atoms with Crippen LogP contribution in [-0.2, 0) is 16.0 Å². The second-order valence-corrected chi connectivity index (χ2v) is 6.87. The van der Waals surface area contributed by atoms with Crippen LogP contribution in [-0.4, -0.2) is 23.4 Å². The van der Waals surface area contributed by atoms with Gasteiger partial charge in [0.05, 0.1) is 5.75 Å². The number of hydrogen-bond donors (Lipinski definition) is 1. The molecule has 0 unspecified atom stereocenters. The summed E-state index contributed by atoms with van der Waals surface area (Å²) in [4.78, 5) is 5.61. The van der Waals surface area contributed by atoms with Gasteiger partial charge in [0.25, 0.3) is 0 Å². The van der Waals surface area contributed by atoms with Gasteiger partial charge in [-0.2, -0.15) is 4.98 Å². The lowest BCUT2D eigenvalue weighted by Gasteiger charge is -2.29. The summed E-state index contributed by atoms with van der Waals surface area (Å²) in [6, 6.07) is 8.06. The largest absolute Gasteiger partial charge is 0.381 e. The topological polar surface area (TPSA) is 74.2 Å². The number of ether oxygens (including phenoxy) is 1. The summed E-state index contributed by atoms with van der Waals surface area (Å²) in [5.74, 6) is 1.84. The quantitative estimate of drug-likeness (QED) is 0.834. The van der Waals surface area contributed by atoms with Gasteiger partial charge in [-0.05, 0) is 40.9 Å². The number of benzene rings is 1. The highest BCUT2D eigenvalue weighted by molar-refractivity contribution is 9.10. The lowest BCUT2D eigenvalue weighted by molar-refractivity contribution is 0.0400. The van der Waals surface area contributed by atoms with Gasteiger partial charge in [-0.3, -0.25) is 0 Å². The maximum atomic E-state index is 6.33. The Labute approximate surface area is 135 Å². The predicted molar refractivity (Wildman–Crippen MR) is 83.9 cm³/mol. The van der Waals surface area contributed by atoms with Crippen LogP contribution < -0.4 is 5.73 Å². The van der Waals surface area contributed by atoms with E-state index in [-0.39, 0.29) is 0 Å². The molecule has 0 atom stereocenters. The maximum Gasteiger partial charge on any atom is 0.246 e. The molecule has 112 valence electrons. The average molecular weight is 370 g/mol. The summed E-state index contributed by atoms with van der Waals surface area (Å²) < 4.78 is 11.8. The minimum atomic E-state index is -0.540. The fourth-order valence-electron chi connectivity index (χ4n) is 2.17. The van der Waals surface area contributed by atoms with Crippen LogP contribution in [0.25, 0.3) is 0 Å². The molecule has 1 aromatic heterocycles. The van der Waals surface area contributed by atoms with Crippen LogP contribution in [0.3, 0.4) is 0 Å². The molecule has 0 aliphatic carbocycles. The molecule has 0 spiro atoms. The maximum absolute atomic E-state index is 6.33. The number of rotatable bonds is 4. The number of thioether (sulfide) groups is 1. The molecule has 1 aliphatic rings. The van der Waals surface area contributed by atoms with E-state index in [0.29, 0.717) is 43.5 Å². The Morgan fingerprint density at radius 3 is 2.81 bits per heavy atom. The summed E-state index contributed by atoms with van der Waals surface area (Å²) in [6.45, 7) is 1.28. The van der Waals surface area contributed by atoms with Crippen molar-refractivity contribution < 1.29 is 9.26 Å². The van der Waals surface area contributed by atoms with Crippen molar-refractivity contribution in [3.05, 3.63) is 40.5 Å². The minimum Gasteiger partial charge on any atom is -0.381 e. The summed E-state index contributed by atoms with van der Waals surface area (Å²) in [6.07, 6.45) is 1.43. The van der Waals surface area contributed by atoms with Crippen molar-refractivity contribution >= 4 is 27.7 Å². The third-order valence-corrected chi connectivity index (χ3v) is 5.50. The smallest absolute Gasteiger partial charge is 0.246 e. The number of hydrogen-bond acceptors (Lipinski definition) is 6. The van der Waals surface area contributed by atoms with Crippen molar-refractivity contribution in [2.45, 2.75) is 29.0 Å². The van der Waals surface area contributed by atoms with E-state index in [2.05, 4.69) is 32.1 Å². The SMILES string of the molecule is NC1(c2nc(CSc3ccccc3Br)no2)CCOCC1. The molecule has 5 nitrogen and oxygen atoms in total. The first kappa shape index (κ1) is 15.0. The first-order valence-corrected chi connectivity index (χ1v) is 8.52. The van der Waals surface area contributed by atoms with Gasteiger partial charge < -0.3 is 15.0 Å². The van der Waals surface area contributed by atoms with E-state index in [1.165, 1.54) is 0 Å². The van der Waals surface area contributed by atoms with E-state index < -0.39 is 5.54 Å². The van der Waals surface area contributed by atoms with Gasteiger partial charge in [0, 0.05) is 22.6 Å². The molecule has 7 heteroatoms. The zero-order valence-corrected chi connectivity index (χ0v) is 13.8. The van der Waals surface area contributed by atoms with E-state index in [1.807, 2.05) is 18.2 Å². The molecule has 2 aromatic rings. The molecular formula is C14H16BrN3O2S. The second kappa shape index (κ2) is 6.48. The van der Waals surface area contributed by atoms with Crippen LogP contribution in [0.1, 0.15) is 24.6 Å². The zero-order valence-electron chi connectivity index (χ0n) is 11.4. The number of halogens is 1. The van der Waals surface area contributed by atoms with Gasteiger partial charge in [0.2, 0.25) is 5.89 Å². The molecule has 1 aliphatic heterocycles. The highest BCUT2D eigenvalue weighted by Crippen LogP contribution is 2.31. The standard InChI is InChI=1S/C14H16BrN3O2S/c15-10-3-1-2-4-11(10)21-9-12-17-13(20-18-12)14(16)5-7-19-8-6-14/h1-4H,5-9,16H2. The lowest BCUT2D eigenvalue weighted by atomic mass is 9.91. The van der Waals surface area contributed by atoms with E-state index in [4.69, 9.17) is 15.0 Å². The fourth-order valence-corrected chi connectivity index (χ4v) is 3.58. The Hall–Kier alpha value is -0.890. The van der Waals surface area contributed by atoms with Crippen molar-refractivity contribution in [3.8, 4) is 0 Å². The molecule has 1 fully saturated rings. The molecule has 2 N–H and O–H groups in total. The minimum absolute atomic E-state index is 0.522. The van der Waals surface area contributed by atoms with Gasteiger partial charge in [-0.15, -0.1) is 11.8 Å². The molecule has 0 amide bonds. The molecule has 0 saturated carbocycles. The third-order valence-electron chi connectivity index (χ3n) is 3.47. The number of nitrogens with zero attached hydrogens (tertiary/aromatic N) is 2. The van der Waals surface area contributed by atoms with Crippen molar-refractivity contribution in [3.63, 3.8) is 0 Å². The van der Waals surface area contributed by atoms with E-state index in [1.54, 1.807) is 11.8 Å². The van der Waals surface area contributed by atoms with Crippen LogP contribution in [0.5, 0.6) is 0 Å². The summed E-state index contributed by atoms with van der Waals surface area (Å²) in [5.41, 5.74) is 5.79. The van der Waals surface area contributed by atoms with Crippen LogP contribution in [0.15, 0.2) is 38.2 Å². The molecule has 2 heterocycles. The van der Waals surface area contributed by atoms with E-state index in [9.17, 15) is 0 Å². The number of aromatic nitrogens is 2. The average Bonchev–Trinajstić information content (AvgIpc) is 2.97. The zero-order chi connectivity index (χ0) is 14.7. The van der Waals surface area contributed by atoms with Gasteiger partial charge in [-0.25, -0.2) is 0 Å². The Kier molecular flexibility index (Phi) is 4.63. The van der Waals surface area contributed by atoms with Gasteiger partial charge in [0.15, 0.2) is 5.82 Å². The monoisotopic (exact) mass is 369 g/mol. The predicted octanol–water partition coefficient (Wildman–Crippen LogP) is 3.09. The molecule has 1 aromatic carbocycles. The molecule has 0 radical (unpaired) electrons. The highest BCUT2D eigenvalue weighted by atomic mass is 79.9. The van der Waals surface area contributed by atoms with Gasteiger partial charge >= 0.3 is 0 Å². The first-order valence-electron chi connectivity index (χ1n) is 6.74. The normalized spacial score (nSPS) is 17.8. The Balaban J connectivity index is 1.67. The van der Waals surface area contributed by atoms with E-state index in [0.717, 1.165) is 9.37 Å². The van der Waals surface area contributed by atoms with Crippen molar-refractivity contribution in [2.75, 3.05) is 13.2 Å². The highest BCUT2D eigenvalue weighted by Gasteiger charge is 2.35. The lowest BCUT2D eigenvalue weighted by Crippen LogP contribution is -2.42. The Morgan fingerprint density at radius 1 is 1.29 bits per heavy atom. The summed E-state index contributed by atoms with van der Waals surface area (Å²) in [5, 5.41) is 4.04. The van der Waals surface area contributed by atoms with Crippen molar-refractivity contribution in [1.82, 2.24) is 10.1 Å². The second-order valence-electron chi connectivity index (χ2n) is 5.00. The van der Waals surface area contributed by atoms with Gasteiger partial charge in [-0.1, -0.05) is 17.3 Å². The molecule has 0 bridgehead atoms. The van der Waals surface area contributed by atoms with E-state index >= 15 is 0 Å². The van der Waals surface area contributed by atoms with Gasteiger partial charge in [0.1, 0.15) is 5.54 Å². The molecule has 1 saturated heterocycles. The fraction of sp³-hybridized carbons (Fsp3) is 0.429. The van der Waals surface area contributed by atoms with Crippen LogP contribution >= 0.6 is 27.7 Å². The van der Waals surface area contributed by atoms with Crippen LogP contribution in [0.2, 0.25) is 0 Å². The molecule has 3 rings (SSSR count). The summed E-state index contributed by atoms with van der Waals surface area (Å²) >= 11 is 5.19. The van der Waals surface area contributed by atoms with Crippen LogP contribution in [0, 0.1) is 0 Å².